The van der Waals surface area contributed by atoms with Gasteiger partial charge in [0.15, 0.2) is 0 Å². The van der Waals surface area contributed by atoms with Gasteiger partial charge in [0.2, 0.25) is 0 Å². The molecule has 4 rings (SSSR count). The van der Waals surface area contributed by atoms with Gasteiger partial charge in [0.05, 0.1) is 5.54 Å². The van der Waals surface area contributed by atoms with Crippen molar-refractivity contribution < 1.29 is 0 Å². The van der Waals surface area contributed by atoms with Gasteiger partial charge >= 0.3 is 0 Å². The van der Waals surface area contributed by atoms with Crippen molar-refractivity contribution >= 4 is 10.8 Å². The Hall–Kier alpha value is -2.80. The maximum Gasteiger partial charge on any atom is 0.0888 e. The van der Waals surface area contributed by atoms with Crippen LogP contribution in [0.15, 0.2) is 85.1 Å². The molecule has 1 unspecified atom stereocenters. The molecule has 1 nitrogen and oxygen atoms in total. The van der Waals surface area contributed by atoms with Crippen molar-refractivity contribution in [1.82, 2.24) is 5.32 Å². The van der Waals surface area contributed by atoms with Crippen LogP contribution in [0, 0.1) is 0 Å². The largest absolute Gasteiger partial charge is 0.372 e. The zero-order chi connectivity index (χ0) is 17.6. The van der Waals surface area contributed by atoms with Crippen LogP contribution in [0.4, 0.5) is 0 Å². The van der Waals surface area contributed by atoms with Crippen LogP contribution in [0.25, 0.3) is 21.9 Å². The average Bonchev–Trinajstić information content (AvgIpc) is 2.92. The highest BCUT2D eigenvalue weighted by molar-refractivity contribution is 6.02. The van der Waals surface area contributed by atoms with Crippen molar-refractivity contribution in [1.29, 1.82) is 0 Å². The zero-order valence-corrected chi connectivity index (χ0v) is 14.9. The molecule has 124 valence electrons. The van der Waals surface area contributed by atoms with Crippen LogP contribution in [-0.2, 0) is 5.54 Å². The average molecular weight is 325 g/mol. The van der Waals surface area contributed by atoms with Crippen LogP contribution in [0.2, 0.25) is 0 Å². The van der Waals surface area contributed by atoms with E-state index >= 15 is 0 Å². The zero-order valence-electron chi connectivity index (χ0n) is 14.9. The quantitative estimate of drug-likeness (QED) is 0.567. The van der Waals surface area contributed by atoms with Gasteiger partial charge in [-0.25, -0.2) is 0 Å². The lowest BCUT2D eigenvalue weighted by molar-refractivity contribution is 0.441. The third kappa shape index (κ3) is 2.16. The first-order valence-corrected chi connectivity index (χ1v) is 8.83. The molecule has 0 spiro atoms. The molecular formula is C24H23N. The van der Waals surface area contributed by atoms with Crippen molar-refractivity contribution in [3.05, 3.63) is 96.2 Å². The first-order valence-electron chi connectivity index (χ1n) is 8.83. The van der Waals surface area contributed by atoms with E-state index in [-0.39, 0.29) is 5.54 Å². The number of rotatable bonds is 4. The molecule has 3 aromatic rings. The van der Waals surface area contributed by atoms with Crippen molar-refractivity contribution in [3.63, 3.8) is 0 Å². The molecule has 3 aromatic carbocycles. The summed E-state index contributed by atoms with van der Waals surface area (Å²) in [5.41, 5.74) is 6.93. The second-order valence-corrected chi connectivity index (χ2v) is 6.90. The highest BCUT2D eigenvalue weighted by Crippen LogP contribution is 2.52. The van der Waals surface area contributed by atoms with E-state index in [1.165, 1.54) is 33.0 Å². The fourth-order valence-electron chi connectivity index (χ4n) is 4.10. The predicted molar refractivity (Wildman–Crippen MR) is 108 cm³/mol. The fourth-order valence-corrected chi connectivity index (χ4v) is 4.10. The molecule has 0 amide bonds. The predicted octanol–water partition coefficient (Wildman–Crippen LogP) is 6.15. The number of allylic oxidation sites excluding steroid dienone is 1. The molecule has 0 saturated heterocycles. The highest BCUT2D eigenvalue weighted by Gasteiger charge is 2.42. The molecule has 0 aliphatic heterocycles. The number of hydrogen-bond acceptors (Lipinski definition) is 1. The summed E-state index contributed by atoms with van der Waals surface area (Å²) in [6.45, 7) is 12.5. The van der Waals surface area contributed by atoms with Crippen molar-refractivity contribution in [2.45, 2.75) is 25.8 Å². The normalized spacial score (nSPS) is 17.8. The van der Waals surface area contributed by atoms with Crippen molar-refractivity contribution in [2.75, 3.05) is 0 Å². The van der Waals surface area contributed by atoms with E-state index in [0.717, 1.165) is 17.7 Å². The SMILES string of the molecule is C=C(C)C(=C)NC1(CC)c2ccccc2-c2c1ccc1ccccc21. The summed E-state index contributed by atoms with van der Waals surface area (Å²) in [6.07, 6.45) is 0.946. The van der Waals surface area contributed by atoms with E-state index in [9.17, 15) is 0 Å². The lowest BCUT2D eigenvalue weighted by atomic mass is 9.83. The lowest BCUT2D eigenvalue weighted by Crippen LogP contribution is -2.40. The smallest absolute Gasteiger partial charge is 0.0888 e. The first kappa shape index (κ1) is 15.7. The number of nitrogens with one attached hydrogen (secondary N) is 1. The Morgan fingerprint density at radius 2 is 1.64 bits per heavy atom. The molecule has 1 aliphatic rings. The third-order valence-electron chi connectivity index (χ3n) is 5.45. The topological polar surface area (TPSA) is 12.0 Å². The van der Waals surface area contributed by atoms with Crippen molar-refractivity contribution in [2.24, 2.45) is 0 Å². The Bertz CT molecular complexity index is 1010. The van der Waals surface area contributed by atoms with Gasteiger partial charge in [-0.15, -0.1) is 0 Å². The van der Waals surface area contributed by atoms with E-state index in [0.29, 0.717) is 0 Å². The molecular weight excluding hydrogens is 302 g/mol. The van der Waals surface area contributed by atoms with Crippen LogP contribution >= 0.6 is 0 Å². The van der Waals surface area contributed by atoms with Crippen LogP contribution in [0.5, 0.6) is 0 Å². The summed E-state index contributed by atoms with van der Waals surface area (Å²) in [7, 11) is 0. The van der Waals surface area contributed by atoms with Gasteiger partial charge in [-0.05, 0) is 51.9 Å². The van der Waals surface area contributed by atoms with Gasteiger partial charge in [-0.1, -0.05) is 80.7 Å². The molecule has 1 atom stereocenters. The number of benzene rings is 3. The molecule has 1 aliphatic carbocycles. The van der Waals surface area contributed by atoms with E-state index in [1.54, 1.807) is 0 Å². The van der Waals surface area contributed by atoms with Crippen LogP contribution in [0.1, 0.15) is 31.4 Å². The summed E-state index contributed by atoms with van der Waals surface area (Å²) < 4.78 is 0. The van der Waals surface area contributed by atoms with Gasteiger partial charge in [0, 0.05) is 5.70 Å². The van der Waals surface area contributed by atoms with Gasteiger partial charge < -0.3 is 5.32 Å². The summed E-state index contributed by atoms with van der Waals surface area (Å²) >= 11 is 0. The van der Waals surface area contributed by atoms with Crippen LogP contribution in [0.3, 0.4) is 0 Å². The summed E-state index contributed by atoms with van der Waals surface area (Å²) in [5.74, 6) is 0. The molecule has 0 heterocycles. The first-order chi connectivity index (χ1) is 12.1. The molecule has 0 aromatic heterocycles. The summed E-state index contributed by atoms with van der Waals surface area (Å²) in [4.78, 5) is 0. The minimum absolute atomic E-state index is 0.258. The third-order valence-corrected chi connectivity index (χ3v) is 5.45. The summed E-state index contributed by atoms with van der Waals surface area (Å²) in [6, 6.07) is 21.9. The van der Waals surface area contributed by atoms with Crippen LogP contribution in [-0.4, -0.2) is 0 Å². The standard InChI is InChI=1S/C24H23N/c1-5-24(25-17(4)16(2)3)21-13-9-8-12-20(21)23-19-11-7-6-10-18(19)14-15-22(23)24/h6-15,25H,2,4-5H2,1,3H3. The van der Waals surface area contributed by atoms with E-state index in [2.05, 4.69) is 86.1 Å². The van der Waals surface area contributed by atoms with E-state index in [1.807, 2.05) is 6.92 Å². The number of hydrogen-bond donors (Lipinski definition) is 1. The Labute approximate surface area is 149 Å². The van der Waals surface area contributed by atoms with E-state index in [4.69, 9.17) is 0 Å². The number of fused-ring (bicyclic) bond motifs is 5. The molecule has 0 saturated carbocycles. The molecule has 0 bridgehead atoms. The molecule has 0 fully saturated rings. The minimum atomic E-state index is -0.258. The molecule has 0 radical (unpaired) electrons. The monoisotopic (exact) mass is 325 g/mol. The Morgan fingerprint density at radius 3 is 2.40 bits per heavy atom. The fraction of sp³-hybridized carbons (Fsp3) is 0.167. The van der Waals surface area contributed by atoms with Crippen LogP contribution < -0.4 is 5.32 Å². The van der Waals surface area contributed by atoms with E-state index < -0.39 is 0 Å². The Morgan fingerprint density at radius 1 is 0.920 bits per heavy atom. The molecule has 1 heteroatoms. The minimum Gasteiger partial charge on any atom is -0.372 e. The van der Waals surface area contributed by atoms with Gasteiger partial charge in [0.1, 0.15) is 0 Å². The molecule has 25 heavy (non-hydrogen) atoms. The maximum atomic E-state index is 4.21. The van der Waals surface area contributed by atoms with Gasteiger partial charge in [-0.2, -0.15) is 0 Å². The second-order valence-electron chi connectivity index (χ2n) is 6.90. The lowest BCUT2D eigenvalue weighted by Gasteiger charge is -2.34. The molecule has 1 N–H and O–H groups in total. The highest BCUT2D eigenvalue weighted by atomic mass is 15.0. The van der Waals surface area contributed by atoms with Crippen molar-refractivity contribution in [3.8, 4) is 11.1 Å². The Balaban J connectivity index is 2.07. The van der Waals surface area contributed by atoms with Gasteiger partial charge in [-0.3, -0.25) is 0 Å². The summed E-state index contributed by atoms with van der Waals surface area (Å²) in [5, 5.41) is 6.31. The maximum absolute atomic E-state index is 4.21. The van der Waals surface area contributed by atoms with Gasteiger partial charge in [0.25, 0.3) is 0 Å². The second kappa shape index (κ2) is 5.63. The Kier molecular flexibility index (Phi) is 3.54.